The highest BCUT2D eigenvalue weighted by Crippen LogP contribution is 2.35. The van der Waals surface area contributed by atoms with Crippen LogP contribution in [0.2, 0.25) is 0 Å². The predicted octanol–water partition coefficient (Wildman–Crippen LogP) is 2.69. The lowest BCUT2D eigenvalue weighted by Crippen LogP contribution is -2.20. The number of aliphatic hydroxyl groups excluding tert-OH is 1. The summed E-state index contributed by atoms with van der Waals surface area (Å²) >= 11 is 0. The van der Waals surface area contributed by atoms with Crippen LogP contribution in [0.15, 0.2) is 36.7 Å². The Morgan fingerprint density at radius 3 is 3.06 bits per heavy atom. The summed E-state index contributed by atoms with van der Waals surface area (Å²) in [5, 5.41) is 12.7. The quantitative estimate of drug-likeness (QED) is 0.881. The summed E-state index contributed by atoms with van der Waals surface area (Å²) in [6.07, 6.45) is 4.18. The number of pyridine rings is 1. The molecule has 1 aromatic carbocycles. The minimum atomic E-state index is -0.464. The number of hydrogen-bond donors (Lipinski definition) is 1. The van der Waals surface area contributed by atoms with Crippen LogP contribution in [0.5, 0.6) is 0 Å². The van der Waals surface area contributed by atoms with Crippen molar-refractivity contribution in [3.05, 3.63) is 42.2 Å². The molecule has 1 saturated heterocycles. The summed E-state index contributed by atoms with van der Waals surface area (Å²) in [7, 11) is 0. The van der Waals surface area contributed by atoms with Gasteiger partial charge in [0.05, 0.1) is 12.2 Å². The zero-order valence-corrected chi connectivity index (χ0v) is 10.4. The first kappa shape index (κ1) is 11.6. The first-order valence-corrected chi connectivity index (χ1v) is 6.39. The van der Waals surface area contributed by atoms with Crippen LogP contribution in [0.25, 0.3) is 10.8 Å². The van der Waals surface area contributed by atoms with Crippen molar-refractivity contribution in [2.75, 3.05) is 6.61 Å². The molecule has 0 saturated carbocycles. The fraction of sp³-hybridized carbons (Fsp3) is 0.400. The Kier molecular flexibility index (Phi) is 3.02. The van der Waals surface area contributed by atoms with E-state index in [0.717, 1.165) is 29.4 Å². The van der Waals surface area contributed by atoms with Crippen LogP contribution >= 0.6 is 0 Å². The lowest BCUT2D eigenvalue weighted by molar-refractivity contribution is 0.0438. The molecule has 2 heterocycles. The van der Waals surface area contributed by atoms with Gasteiger partial charge >= 0.3 is 0 Å². The van der Waals surface area contributed by atoms with Crippen molar-refractivity contribution in [1.29, 1.82) is 0 Å². The number of hydrogen-bond acceptors (Lipinski definition) is 3. The monoisotopic (exact) mass is 243 g/mol. The summed E-state index contributed by atoms with van der Waals surface area (Å²) in [5.74, 6) is 0.184. The molecule has 0 spiro atoms. The molecule has 1 fully saturated rings. The van der Waals surface area contributed by atoms with Crippen molar-refractivity contribution in [3.8, 4) is 0 Å². The van der Waals surface area contributed by atoms with Crippen LogP contribution in [-0.4, -0.2) is 22.8 Å². The van der Waals surface area contributed by atoms with Gasteiger partial charge in [0.15, 0.2) is 0 Å². The van der Waals surface area contributed by atoms with E-state index in [-0.39, 0.29) is 12.0 Å². The average Bonchev–Trinajstić information content (AvgIpc) is 2.83. The highest BCUT2D eigenvalue weighted by molar-refractivity contribution is 5.85. The van der Waals surface area contributed by atoms with Gasteiger partial charge in [0.2, 0.25) is 0 Å². The highest BCUT2D eigenvalue weighted by atomic mass is 16.5. The summed E-state index contributed by atoms with van der Waals surface area (Å²) in [6.45, 7) is 2.78. The molecule has 0 amide bonds. The third kappa shape index (κ3) is 1.89. The van der Waals surface area contributed by atoms with Gasteiger partial charge in [-0.15, -0.1) is 0 Å². The Balaban J connectivity index is 2.03. The topological polar surface area (TPSA) is 42.4 Å². The molecule has 3 nitrogen and oxygen atoms in total. The maximum Gasteiger partial charge on any atom is 0.0849 e. The van der Waals surface area contributed by atoms with E-state index in [1.54, 1.807) is 6.20 Å². The fourth-order valence-electron chi connectivity index (χ4n) is 2.80. The van der Waals surface area contributed by atoms with Gasteiger partial charge in [-0.2, -0.15) is 0 Å². The SMILES string of the molecule is CC1OCCC1C(O)c1cccc2cnccc12. The van der Waals surface area contributed by atoms with E-state index in [4.69, 9.17) is 4.74 Å². The van der Waals surface area contributed by atoms with Crippen molar-refractivity contribution in [1.82, 2.24) is 4.98 Å². The minimum Gasteiger partial charge on any atom is -0.388 e. The van der Waals surface area contributed by atoms with Gasteiger partial charge in [0, 0.05) is 30.3 Å². The maximum absolute atomic E-state index is 10.6. The van der Waals surface area contributed by atoms with Crippen LogP contribution in [0, 0.1) is 5.92 Å². The van der Waals surface area contributed by atoms with Crippen molar-refractivity contribution < 1.29 is 9.84 Å². The summed E-state index contributed by atoms with van der Waals surface area (Å²) < 4.78 is 5.55. The number of rotatable bonds is 2. The number of ether oxygens (including phenoxy) is 1. The molecule has 0 radical (unpaired) electrons. The van der Waals surface area contributed by atoms with E-state index >= 15 is 0 Å². The molecular weight excluding hydrogens is 226 g/mol. The maximum atomic E-state index is 10.6. The molecule has 3 atom stereocenters. The van der Waals surface area contributed by atoms with E-state index in [1.165, 1.54) is 0 Å². The molecule has 1 N–H and O–H groups in total. The zero-order valence-electron chi connectivity index (χ0n) is 10.4. The van der Waals surface area contributed by atoms with Gasteiger partial charge in [0.1, 0.15) is 0 Å². The molecule has 3 rings (SSSR count). The molecule has 3 unspecified atom stereocenters. The van der Waals surface area contributed by atoms with Crippen LogP contribution in [-0.2, 0) is 4.74 Å². The first-order chi connectivity index (χ1) is 8.77. The van der Waals surface area contributed by atoms with Gasteiger partial charge in [-0.05, 0) is 30.4 Å². The lowest BCUT2D eigenvalue weighted by Gasteiger charge is -2.22. The van der Waals surface area contributed by atoms with Crippen LogP contribution in [0.1, 0.15) is 25.0 Å². The van der Waals surface area contributed by atoms with Gasteiger partial charge in [0.25, 0.3) is 0 Å². The largest absolute Gasteiger partial charge is 0.388 e. The van der Waals surface area contributed by atoms with Crippen LogP contribution in [0.3, 0.4) is 0 Å². The lowest BCUT2D eigenvalue weighted by atomic mass is 9.88. The number of nitrogens with zero attached hydrogens (tertiary/aromatic N) is 1. The summed E-state index contributed by atoms with van der Waals surface area (Å²) in [5.41, 5.74) is 0.984. The van der Waals surface area contributed by atoms with E-state index < -0.39 is 6.10 Å². The molecule has 1 aromatic heterocycles. The number of aliphatic hydroxyl groups is 1. The van der Waals surface area contributed by atoms with E-state index in [9.17, 15) is 5.11 Å². The summed E-state index contributed by atoms with van der Waals surface area (Å²) in [6, 6.07) is 7.96. The van der Waals surface area contributed by atoms with Crippen molar-refractivity contribution in [2.45, 2.75) is 25.6 Å². The number of aromatic nitrogens is 1. The third-order valence-corrected chi connectivity index (χ3v) is 3.87. The highest BCUT2D eigenvalue weighted by Gasteiger charge is 2.32. The van der Waals surface area contributed by atoms with Gasteiger partial charge < -0.3 is 9.84 Å². The van der Waals surface area contributed by atoms with Crippen molar-refractivity contribution in [3.63, 3.8) is 0 Å². The molecular formula is C15H17NO2. The van der Waals surface area contributed by atoms with E-state index in [0.29, 0.717) is 0 Å². The molecule has 94 valence electrons. The second-order valence-electron chi connectivity index (χ2n) is 4.92. The molecule has 3 heteroatoms. The second-order valence-corrected chi connectivity index (χ2v) is 4.92. The Morgan fingerprint density at radius 2 is 2.28 bits per heavy atom. The van der Waals surface area contributed by atoms with Crippen LogP contribution in [0.4, 0.5) is 0 Å². The minimum absolute atomic E-state index is 0.122. The molecule has 1 aliphatic heterocycles. The normalized spacial score (nSPS) is 25.4. The number of benzene rings is 1. The molecule has 18 heavy (non-hydrogen) atoms. The van der Waals surface area contributed by atoms with E-state index in [2.05, 4.69) is 4.98 Å². The van der Waals surface area contributed by atoms with Crippen LogP contribution < -0.4 is 0 Å². The summed E-state index contributed by atoms with van der Waals surface area (Å²) in [4.78, 5) is 4.12. The molecule has 0 bridgehead atoms. The molecule has 0 aliphatic carbocycles. The Bertz CT molecular complexity index is 550. The first-order valence-electron chi connectivity index (χ1n) is 6.39. The Morgan fingerprint density at radius 1 is 1.39 bits per heavy atom. The number of fused-ring (bicyclic) bond motifs is 1. The van der Waals surface area contributed by atoms with Gasteiger partial charge in [-0.1, -0.05) is 18.2 Å². The fourth-order valence-corrected chi connectivity index (χ4v) is 2.80. The molecule has 2 aromatic rings. The Hall–Kier alpha value is -1.45. The zero-order chi connectivity index (χ0) is 12.5. The van der Waals surface area contributed by atoms with Gasteiger partial charge in [-0.25, -0.2) is 0 Å². The smallest absolute Gasteiger partial charge is 0.0849 e. The van der Waals surface area contributed by atoms with Gasteiger partial charge in [-0.3, -0.25) is 4.98 Å². The average molecular weight is 243 g/mol. The Labute approximate surface area is 106 Å². The predicted molar refractivity (Wildman–Crippen MR) is 70.2 cm³/mol. The third-order valence-electron chi connectivity index (χ3n) is 3.87. The second kappa shape index (κ2) is 4.67. The van der Waals surface area contributed by atoms with Crippen molar-refractivity contribution in [2.24, 2.45) is 5.92 Å². The van der Waals surface area contributed by atoms with E-state index in [1.807, 2.05) is 37.4 Å². The van der Waals surface area contributed by atoms with Crippen molar-refractivity contribution >= 4 is 10.8 Å². The molecule has 1 aliphatic rings. The standard InChI is InChI=1S/C15H17NO2/c1-10-12(6-8-18-10)15(17)14-4-2-3-11-9-16-7-5-13(11)14/h2-5,7,9-10,12,15,17H,6,8H2,1H3.